The SMILES string of the molecule is CCc1nc2ccccc2c(=O)n1-c1c(F)cccc1F.Nc1ncnc2nc[nH]c12. The van der Waals surface area contributed by atoms with Gasteiger partial charge in [-0.25, -0.2) is 28.7 Å². The average Bonchev–Trinajstić information content (AvgIpc) is 3.26. The molecule has 8 nitrogen and oxygen atoms in total. The number of fused-ring (bicyclic) bond motifs is 2. The van der Waals surface area contributed by atoms with Gasteiger partial charge < -0.3 is 10.7 Å². The van der Waals surface area contributed by atoms with Crippen LogP contribution in [0.15, 0.2) is 59.9 Å². The third-order valence-electron chi connectivity index (χ3n) is 4.57. The highest BCUT2D eigenvalue weighted by atomic mass is 19.1. The molecule has 31 heavy (non-hydrogen) atoms. The number of halogens is 2. The Morgan fingerprint density at radius 3 is 2.48 bits per heavy atom. The summed E-state index contributed by atoms with van der Waals surface area (Å²) in [4.78, 5) is 31.3. The molecular formula is C21H17F2N7O. The van der Waals surface area contributed by atoms with Crippen LogP contribution in [0.4, 0.5) is 14.6 Å². The Morgan fingerprint density at radius 2 is 1.77 bits per heavy atom. The van der Waals surface area contributed by atoms with Crippen LogP contribution in [0.25, 0.3) is 27.8 Å². The predicted molar refractivity (Wildman–Crippen MR) is 113 cm³/mol. The predicted octanol–water partition coefficient (Wildman–Crippen LogP) is 3.16. The van der Waals surface area contributed by atoms with Crippen LogP contribution >= 0.6 is 0 Å². The fraction of sp³-hybridized carbons (Fsp3) is 0.0952. The largest absolute Gasteiger partial charge is 0.382 e. The van der Waals surface area contributed by atoms with Crippen LogP contribution in [0.2, 0.25) is 0 Å². The van der Waals surface area contributed by atoms with Gasteiger partial charge in [0.05, 0.1) is 17.2 Å². The molecule has 0 aliphatic heterocycles. The number of para-hydroxylation sites is 2. The zero-order valence-electron chi connectivity index (χ0n) is 16.4. The Labute approximate surface area is 174 Å². The molecule has 3 aromatic heterocycles. The number of hydrogen-bond acceptors (Lipinski definition) is 6. The van der Waals surface area contributed by atoms with Gasteiger partial charge in [0.1, 0.15) is 35.0 Å². The first-order valence-corrected chi connectivity index (χ1v) is 9.35. The van der Waals surface area contributed by atoms with Crippen molar-refractivity contribution in [3.05, 3.63) is 82.9 Å². The number of anilines is 1. The second kappa shape index (κ2) is 8.27. The van der Waals surface area contributed by atoms with Crippen molar-refractivity contribution in [1.82, 2.24) is 29.5 Å². The Kier molecular flexibility index (Phi) is 5.35. The van der Waals surface area contributed by atoms with Gasteiger partial charge in [0, 0.05) is 6.42 Å². The number of nitrogen functional groups attached to an aromatic ring is 1. The number of H-pyrrole nitrogens is 1. The van der Waals surface area contributed by atoms with E-state index in [-0.39, 0.29) is 5.69 Å². The first kappa shape index (κ1) is 20.1. The molecule has 5 rings (SSSR count). The van der Waals surface area contributed by atoms with Crippen molar-refractivity contribution < 1.29 is 8.78 Å². The van der Waals surface area contributed by atoms with E-state index < -0.39 is 17.2 Å². The summed E-state index contributed by atoms with van der Waals surface area (Å²) in [5.74, 6) is -0.821. The van der Waals surface area contributed by atoms with E-state index in [2.05, 4.69) is 24.9 Å². The standard InChI is InChI=1S/C16H12F2N2O.C5H5N5/c1-2-14-19-13-9-4-3-6-10(13)16(21)20(14)15-11(17)7-5-8-12(15)18;6-4-3-5(9-1-7-3)10-2-8-4/h3-9H,2H2,1H3;1-2H,(H3,6,7,8,9,10). The number of aromatic nitrogens is 6. The van der Waals surface area contributed by atoms with Gasteiger partial charge in [0.15, 0.2) is 11.5 Å². The summed E-state index contributed by atoms with van der Waals surface area (Å²) >= 11 is 0. The Morgan fingerprint density at radius 1 is 1.03 bits per heavy atom. The number of aromatic amines is 1. The molecule has 0 fully saturated rings. The molecule has 0 spiro atoms. The van der Waals surface area contributed by atoms with Gasteiger partial charge in [-0.15, -0.1) is 0 Å². The van der Waals surface area contributed by atoms with E-state index in [9.17, 15) is 13.6 Å². The van der Waals surface area contributed by atoms with Crippen LogP contribution in [-0.4, -0.2) is 29.5 Å². The lowest BCUT2D eigenvalue weighted by atomic mass is 10.2. The zero-order chi connectivity index (χ0) is 22.0. The minimum Gasteiger partial charge on any atom is -0.382 e. The molecule has 156 valence electrons. The van der Waals surface area contributed by atoms with Gasteiger partial charge in [-0.05, 0) is 24.3 Å². The van der Waals surface area contributed by atoms with Gasteiger partial charge in [0.2, 0.25) is 0 Å². The van der Waals surface area contributed by atoms with Crippen LogP contribution < -0.4 is 11.3 Å². The number of benzene rings is 2. The molecule has 5 aromatic rings. The second-order valence-electron chi connectivity index (χ2n) is 6.47. The van der Waals surface area contributed by atoms with E-state index >= 15 is 0 Å². The quantitative estimate of drug-likeness (QED) is 0.452. The van der Waals surface area contributed by atoms with Crippen molar-refractivity contribution in [3.63, 3.8) is 0 Å². The molecule has 3 heterocycles. The molecule has 0 saturated carbocycles. The highest BCUT2D eigenvalue weighted by Crippen LogP contribution is 2.19. The average molecular weight is 421 g/mol. The number of aryl methyl sites for hydroxylation is 1. The molecule has 0 bridgehead atoms. The fourth-order valence-corrected chi connectivity index (χ4v) is 3.13. The van der Waals surface area contributed by atoms with Crippen molar-refractivity contribution >= 4 is 27.9 Å². The molecule has 10 heteroatoms. The summed E-state index contributed by atoms with van der Waals surface area (Å²) in [6.07, 6.45) is 3.31. The highest BCUT2D eigenvalue weighted by molar-refractivity contribution is 5.80. The number of nitrogens with two attached hydrogens (primary N) is 1. The first-order valence-electron chi connectivity index (χ1n) is 9.35. The van der Waals surface area contributed by atoms with Gasteiger partial charge >= 0.3 is 0 Å². The van der Waals surface area contributed by atoms with Crippen molar-refractivity contribution in [1.29, 1.82) is 0 Å². The molecule has 0 atom stereocenters. The monoisotopic (exact) mass is 421 g/mol. The summed E-state index contributed by atoms with van der Waals surface area (Å²) in [5, 5.41) is 0.331. The minimum atomic E-state index is -0.788. The fourth-order valence-electron chi connectivity index (χ4n) is 3.13. The summed E-state index contributed by atoms with van der Waals surface area (Å²) < 4.78 is 29.0. The molecule has 3 N–H and O–H groups in total. The number of rotatable bonds is 2. The van der Waals surface area contributed by atoms with Crippen molar-refractivity contribution in [2.45, 2.75) is 13.3 Å². The van der Waals surface area contributed by atoms with E-state index in [4.69, 9.17) is 5.73 Å². The second-order valence-corrected chi connectivity index (χ2v) is 6.47. The molecule has 0 aliphatic rings. The molecule has 0 aliphatic carbocycles. The number of imidazole rings is 1. The number of hydrogen-bond donors (Lipinski definition) is 2. The molecule has 0 radical (unpaired) electrons. The van der Waals surface area contributed by atoms with Crippen LogP contribution in [0.5, 0.6) is 0 Å². The summed E-state index contributed by atoms with van der Waals surface area (Å²) in [6.45, 7) is 1.78. The van der Waals surface area contributed by atoms with E-state index in [1.165, 1.54) is 18.7 Å². The number of nitrogens with zero attached hydrogens (tertiary/aromatic N) is 5. The van der Waals surface area contributed by atoms with Crippen LogP contribution in [-0.2, 0) is 6.42 Å². The zero-order valence-corrected chi connectivity index (χ0v) is 16.4. The summed E-state index contributed by atoms with van der Waals surface area (Å²) in [5.41, 5.74) is 6.45. The highest BCUT2D eigenvalue weighted by Gasteiger charge is 2.17. The Balaban J connectivity index is 0.000000192. The molecule has 0 unspecified atom stereocenters. The van der Waals surface area contributed by atoms with E-state index in [1.807, 2.05) is 0 Å². The maximum atomic E-state index is 14.0. The van der Waals surface area contributed by atoms with Gasteiger partial charge in [0.25, 0.3) is 5.56 Å². The van der Waals surface area contributed by atoms with Gasteiger partial charge in [-0.2, -0.15) is 0 Å². The molecular weight excluding hydrogens is 404 g/mol. The lowest BCUT2D eigenvalue weighted by Gasteiger charge is -2.13. The third-order valence-corrected chi connectivity index (χ3v) is 4.57. The van der Waals surface area contributed by atoms with Gasteiger partial charge in [-0.1, -0.05) is 25.1 Å². The van der Waals surface area contributed by atoms with Crippen molar-refractivity contribution in [2.24, 2.45) is 0 Å². The lowest BCUT2D eigenvalue weighted by Crippen LogP contribution is -2.25. The lowest BCUT2D eigenvalue weighted by molar-refractivity contribution is 0.561. The van der Waals surface area contributed by atoms with E-state index in [0.29, 0.717) is 40.1 Å². The first-order chi connectivity index (χ1) is 15.0. The molecule has 0 saturated heterocycles. The molecule has 2 aromatic carbocycles. The normalized spacial score (nSPS) is 10.8. The van der Waals surface area contributed by atoms with Gasteiger partial charge in [-0.3, -0.25) is 9.36 Å². The maximum Gasteiger partial charge on any atom is 0.266 e. The van der Waals surface area contributed by atoms with Crippen molar-refractivity contribution in [3.8, 4) is 5.69 Å². The topological polar surface area (TPSA) is 115 Å². The summed E-state index contributed by atoms with van der Waals surface area (Å²) in [7, 11) is 0. The Hall–Kier alpha value is -4.21. The molecule has 0 amide bonds. The summed E-state index contributed by atoms with van der Waals surface area (Å²) in [6, 6.07) is 10.3. The van der Waals surface area contributed by atoms with Crippen LogP contribution in [0, 0.1) is 11.6 Å². The smallest absolute Gasteiger partial charge is 0.266 e. The van der Waals surface area contributed by atoms with Crippen LogP contribution in [0.3, 0.4) is 0 Å². The van der Waals surface area contributed by atoms with Crippen LogP contribution in [0.1, 0.15) is 12.7 Å². The Bertz CT molecular complexity index is 1420. The van der Waals surface area contributed by atoms with E-state index in [1.54, 1.807) is 31.2 Å². The van der Waals surface area contributed by atoms with Crippen molar-refractivity contribution in [2.75, 3.05) is 5.73 Å². The van der Waals surface area contributed by atoms with E-state index in [0.717, 1.165) is 16.7 Å². The number of nitrogens with one attached hydrogen (secondary N) is 1. The maximum absolute atomic E-state index is 14.0. The third kappa shape index (κ3) is 3.70. The minimum absolute atomic E-state index is 0.322.